The van der Waals surface area contributed by atoms with Crippen LogP contribution in [0.1, 0.15) is 52.9 Å². The van der Waals surface area contributed by atoms with Crippen molar-refractivity contribution >= 4 is 5.91 Å². The Balaban J connectivity index is 2.63. The maximum Gasteiger partial charge on any atom is 0.238 e. The zero-order chi connectivity index (χ0) is 14.5. The van der Waals surface area contributed by atoms with E-state index < -0.39 is 5.54 Å². The summed E-state index contributed by atoms with van der Waals surface area (Å²) in [6.45, 7) is 8.85. The van der Waals surface area contributed by atoms with Crippen LogP contribution in [-0.2, 0) is 4.79 Å². The first-order chi connectivity index (χ1) is 9.01. The predicted molar refractivity (Wildman–Crippen MR) is 79.9 cm³/mol. The van der Waals surface area contributed by atoms with Crippen LogP contribution in [0.5, 0.6) is 0 Å². The van der Waals surface area contributed by atoms with E-state index in [4.69, 9.17) is 5.73 Å². The summed E-state index contributed by atoms with van der Waals surface area (Å²) < 4.78 is 0. The van der Waals surface area contributed by atoms with Crippen molar-refractivity contribution in [1.82, 2.24) is 10.2 Å². The molecule has 0 aliphatic heterocycles. The Morgan fingerprint density at radius 3 is 2.68 bits per heavy atom. The number of primary amides is 1. The molecule has 0 spiro atoms. The van der Waals surface area contributed by atoms with Gasteiger partial charge in [-0.15, -0.1) is 0 Å². The van der Waals surface area contributed by atoms with Crippen LogP contribution >= 0.6 is 0 Å². The van der Waals surface area contributed by atoms with Gasteiger partial charge in [0.1, 0.15) is 5.54 Å². The minimum Gasteiger partial charge on any atom is -0.368 e. The molecule has 1 fully saturated rings. The highest BCUT2D eigenvalue weighted by Crippen LogP contribution is 2.37. The monoisotopic (exact) mass is 269 g/mol. The van der Waals surface area contributed by atoms with Crippen LogP contribution in [0.25, 0.3) is 0 Å². The lowest BCUT2D eigenvalue weighted by molar-refractivity contribution is -0.125. The van der Waals surface area contributed by atoms with Crippen LogP contribution in [0.15, 0.2) is 0 Å². The topological polar surface area (TPSA) is 58.4 Å². The number of hydrogen-bond donors (Lipinski definition) is 2. The Morgan fingerprint density at radius 1 is 1.53 bits per heavy atom. The molecular weight excluding hydrogens is 238 g/mol. The summed E-state index contributed by atoms with van der Waals surface area (Å²) in [6.07, 6.45) is 5.33. The fraction of sp³-hybridized carbons (Fsp3) is 0.933. The highest BCUT2D eigenvalue weighted by atomic mass is 16.1. The van der Waals surface area contributed by atoms with E-state index >= 15 is 0 Å². The molecule has 1 aliphatic rings. The number of likely N-dealkylation sites (N-methyl/N-ethyl adjacent to an activating group) is 1. The molecule has 0 saturated heterocycles. The van der Waals surface area contributed by atoms with Gasteiger partial charge in [-0.05, 0) is 58.7 Å². The molecule has 1 amide bonds. The number of amides is 1. The number of nitrogens with one attached hydrogen (secondary N) is 1. The van der Waals surface area contributed by atoms with Gasteiger partial charge in [-0.2, -0.15) is 0 Å². The second kappa shape index (κ2) is 7.25. The number of hydrogen-bond acceptors (Lipinski definition) is 3. The lowest BCUT2D eigenvalue weighted by Gasteiger charge is -2.34. The molecule has 1 aliphatic carbocycles. The van der Waals surface area contributed by atoms with E-state index in [0.29, 0.717) is 12.0 Å². The van der Waals surface area contributed by atoms with E-state index in [1.807, 2.05) is 7.05 Å². The quantitative estimate of drug-likeness (QED) is 0.705. The van der Waals surface area contributed by atoms with Gasteiger partial charge in [0.05, 0.1) is 0 Å². The van der Waals surface area contributed by atoms with E-state index in [0.717, 1.165) is 38.8 Å². The Bertz CT molecular complexity index is 295. The molecule has 3 N–H and O–H groups in total. The maximum absolute atomic E-state index is 11.8. The summed E-state index contributed by atoms with van der Waals surface area (Å²) in [5, 5.41) is 3.22. The molecule has 0 radical (unpaired) electrons. The van der Waals surface area contributed by atoms with Crippen LogP contribution in [0.2, 0.25) is 0 Å². The fourth-order valence-corrected chi connectivity index (χ4v) is 3.52. The Labute approximate surface area is 118 Å². The minimum atomic E-state index is -0.463. The zero-order valence-corrected chi connectivity index (χ0v) is 13.0. The average Bonchev–Trinajstić information content (AvgIpc) is 2.83. The lowest BCUT2D eigenvalue weighted by Crippen LogP contribution is -2.57. The highest BCUT2D eigenvalue weighted by Gasteiger charge is 2.46. The van der Waals surface area contributed by atoms with Crippen LogP contribution in [0.3, 0.4) is 0 Å². The molecule has 0 aromatic carbocycles. The molecule has 1 rings (SSSR count). The van der Waals surface area contributed by atoms with Gasteiger partial charge in [-0.3, -0.25) is 4.79 Å². The molecule has 4 nitrogen and oxygen atoms in total. The van der Waals surface area contributed by atoms with Crippen molar-refractivity contribution in [1.29, 1.82) is 0 Å². The molecule has 3 unspecified atom stereocenters. The van der Waals surface area contributed by atoms with Crippen molar-refractivity contribution in [2.45, 2.75) is 64.5 Å². The van der Waals surface area contributed by atoms with E-state index in [1.165, 1.54) is 6.42 Å². The van der Waals surface area contributed by atoms with E-state index in [2.05, 4.69) is 31.0 Å². The second-order valence-electron chi connectivity index (χ2n) is 5.85. The van der Waals surface area contributed by atoms with Gasteiger partial charge in [-0.1, -0.05) is 20.3 Å². The minimum absolute atomic E-state index is 0.177. The van der Waals surface area contributed by atoms with Crippen molar-refractivity contribution in [2.24, 2.45) is 11.7 Å². The van der Waals surface area contributed by atoms with Gasteiger partial charge in [-0.25, -0.2) is 0 Å². The lowest BCUT2D eigenvalue weighted by atomic mass is 9.84. The number of nitrogens with zero attached hydrogens (tertiary/aromatic N) is 1. The maximum atomic E-state index is 11.8. The smallest absolute Gasteiger partial charge is 0.238 e. The molecular formula is C15H31N3O. The first-order valence-electron chi connectivity index (χ1n) is 7.74. The number of carbonyl (C=O) groups is 1. The third kappa shape index (κ3) is 3.48. The van der Waals surface area contributed by atoms with Gasteiger partial charge >= 0.3 is 0 Å². The standard InChI is InChI=1S/C15H31N3O/c1-5-12(3)18(6-2)11-9-13-8-7-10-15(13,17-4)14(16)19/h12-13,17H,5-11H2,1-4H3,(H2,16,19). The number of nitrogens with two attached hydrogens (primary N) is 1. The zero-order valence-electron chi connectivity index (χ0n) is 13.0. The summed E-state index contributed by atoms with van der Waals surface area (Å²) in [5.41, 5.74) is 5.18. The van der Waals surface area contributed by atoms with Crippen molar-refractivity contribution in [2.75, 3.05) is 20.1 Å². The van der Waals surface area contributed by atoms with Gasteiger partial charge in [0, 0.05) is 6.04 Å². The first kappa shape index (κ1) is 16.4. The van der Waals surface area contributed by atoms with E-state index in [9.17, 15) is 4.79 Å². The molecule has 3 atom stereocenters. The highest BCUT2D eigenvalue weighted by molar-refractivity contribution is 5.85. The third-order valence-electron chi connectivity index (χ3n) is 5.09. The normalized spacial score (nSPS) is 28.8. The van der Waals surface area contributed by atoms with Gasteiger partial charge in [0.25, 0.3) is 0 Å². The van der Waals surface area contributed by atoms with Gasteiger partial charge in [0.15, 0.2) is 0 Å². The second-order valence-corrected chi connectivity index (χ2v) is 5.85. The van der Waals surface area contributed by atoms with Crippen LogP contribution in [0, 0.1) is 5.92 Å². The Kier molecular flexibility index (Phi) is 6.27. The SMILES string of the molecule is CCC(C)N(CC)CCC1CCCC1(NC)C(N)=O. The van der Waals surface area contributed by atoms with Crippen LogP contribution in [0.4, 0.5) is 0 Å². The summed E-state index contributed by atoms with van der Waals surface area (Å²) in [4.78, 5) is 14.3. The molecule has 0 heterocycles. The Hall–Kier alpha value is -0.610. The molecule has 0 aromatic heterocycles. The third-order valence-corrected chi connectivity index (χ3v) is 5.09. The Morgan fingerprint density at radius 2 is 2.21 bits per heavy atom. The van der Waals surface area contributed by atoms with Gasteiger partial charge in [0.2, 0.25) is 5.91 Å². The summed E-state index contributed by atoms with van der Waals surface area (Å²) in [7, 11) is 1.87. The fourth-order valence-electron chi connectivity index (χ4n) is 3.52. The molecule has 112 valence electrons. The number of rotatable bonds is 8. The van der Waals surface area contributed by atoms with Crippen molar-refractivity contribution in [3.8, 4) is 0 Å². The van der Waals surface area contributed by atoms with Crippen LogP contribution in [-0.4, -0.2) is 42.5 Å². The van der Waals surface area contributed by atoms with E-state index in [1.54, 1.807) is 0 Å². The summed E-state index contributed by atoms with van der Waals surface area (Å²) in [5.74, 6) is 0.206. The van der Waals surface area contributed by atoms with E-state index in [-0.39, 0.29) is 5.91 Å². The average molecular weight is 269 g/mol. The largest absolute Gasteiger partial charge is 0.368 e. The molecule has 0 bridgehead atoms. The number of carbonyl (C=O) groups excluding carboxylic acids is 1. The molecule has 4 heteroatoms. The molecule has 1 saturated carbocycles. The van der Waals surface area contributed by atoms with Crippen molar-refractivity contribution < 1.29 is 4.79 Å². The predicted octanol–water partition coefficient (Wildman–Crippen LogP) is 1.74. The molecule has 19 heavy (non-hydrogen) atoms. The first-order valence-corrected chi connectivity index (χ1v) is 7.74. The molecule has 0 aromatic rings. The summed E-state index contributed by atoms with van der Waals surface area (Å²) >= 11 is 0. The van der Waals surface area contributed by atoms with Gasteiger partial charge < -0.3 is 16.0 Å². The summed E-state index contributed by atoms with van der Waals surface area (Å²) in [6, 6.07) is 0.615. The van der Waals surface area contributed by atoms with Crippen LogP contribution < -0.4 is 11.1 Å². The van der Waals surface area contributed by atoms with Crippen molar-refractivity contribution in [3.05, 3.63) is 0 Å². The van der Waals surface area contributed by atoms with Crippen molar-refractivity contribution in [3.63, 3.8) is 0 Å².